The molecule has 0 saturated carbocycles. The Labute approximate surface area is 75.2 Å². The van der Waals surface area contributed by atoms with E-state index in [0.717, 1.165) is 16.7 Å². The Hall–Kier alpha value is -1.15. The zero-order valence-corrected chi connectivity index (χ0v) is 7.34. The van der Waals surface area contributed by atoms with E-state index < -0.39 is 0 Å². The smallest absolute Gasteiger partial charge is 0.159 e. The lowest BCUT2D eigenvalue weighted by atomic mass is 10.3. The highest BCUT2D eigenvalue weighted by atomic mass is 35.5. The van der Waals surface area contributed by atoms with E-state index in [4.69, 9.17) is 11.6 Å². The fourth-order valence-electron chi connectivity index (χ4n) is 1.08. The summed E-state index contributed by atoms with van der Waals surface area (Å²) < 4.78 is 0. The second-order valence-electron chi connectivity index (χ2n) is 2.65. The molecule has 0 aliphatic rings. The Morgan fingerprint density at radius 1 is 1.33 bits per heavy atom. The van der Waals surface area contributed by atoms with Gasteiger partial charge in [0, 0.05) is 17.3 Å². The first-order chi connectivity index (χ1) is 5.75. The van der Waals surface area contributed by atoms with Crippen molar-refractivity contribution in [3.8, 4) is 0 Å². The number of halogens is 1. The molecule has 2 aromatic rings. The van der Waals surface area contributed by atoms with Crippen molar-refractivity contribution in [2.75, 3.05) is 0 Å². The van der Waals surface area contributed by atoms with Gasteiger partial charge in [-0.25, -0.2) is 9.97 Å². The van der Waals surface area contributed by atoms with E-state index >= 15 is 0 Å². The Morgan fingerprint density at radius 2 is 2.17 bits per heavy atom. The standard InChI is InChI=1S/C9H7ClN2/c1-6-2-3-7-4-8(10)5-11-9(7)12-6/h2-5H,1H3. The van der Waals surface area contributed by atoms with Crippen molar-refractivity contribution in [3.05, 3.63) is 35.1 Å². The molecule has 0 fully saturated rings. The maximum Gasteiger partial charge on any atom is 0.159 e. The minimum atomic E-state index is 0.646. The van der Waals surface area contributed by atoms with Crippen LogP contribution in [0.3, 0.4) is 0 Å². The van der Waals surface area contributed by atoms with E-state index in [1.54, 1.807) is 6.20 Å². The molecule has 0 saturated heterocycles. The molecule has 0 aliphatic heterocycles. The molecule has 0 aromatic carbocycles. The van der Waals surface area contributed by atoms with Crippen LogP contribution >= 0.6 is 11.6 Å². The van der Waals surface area contributed by atoms with E-state index in [1.165, 1.54) is 0 Å². The summed E-state index contributed by atoms with van der Waals surface area (Å²) in [5.41, 5.74) is 1.72. The molecule has 2 rings (SSSR count). The van der Waals surface area contributed by atoms with Gasteiger partial charge in [0.25, 0.3) is 0 Å². The number of hydrogen-bond acceptors (Lipinski definition) is 2. The summed E-state index contributed by atoms with van der Waals surface area (Å²) in [6, 6.07) is 5.77. The summed E-state index contributed by atoms with van der Waals surface area (Å²) in [6.45, 7) is 1.94. The average Bonchev–Trinajstić information content (AvgIpc) is 2.05. The second kappa shape index (κ2) is 2.72. The van der Waals surface area contributed by atoms with Crippen molar-refractivity contribution >= 4 is 22.6 Å². The number of fused-ring (bicyclic) bond motifs is 1. The molecular weight excluding hydrogens is 172 g/mol. The fraction of sp³-hybridized carbons (Fsp3) is 0.111. The summed E-state index contributed by atoms with van der Waals surface area (Å²) in [6.07, 6.45) is 1.61. The van der Waals surface area contributed by atoms with Crippen LogP contribution in [0, 0.1) is 6.92 Å². The van der Waals surface area contributed by atoms with Crippen LogP contribution in [0.1, 0.15) is 5.69 Å². The third-order valence-electron chi connectivity index (χ3n) is 1.65. The molecule has 0 atom stereocenters. The third-order valence-corrected chi connectivity index (χ3v) is 1.85. The van der Waals surface area contributed by atoms with Gasteiger partial charge in [0.15, 0.2) is 5.65 Å². The zero-order valence-electron chi connectivity index (χ0n) is 6.58. The van der Waals surface area contributed by atoms with Gasteiger partial charge in [0.2, 0.25) is 0 Å². The average molecular weight is 179 g/mol. The van der Waals surface area contributed by atoms with Gasteiger partial charge < -0.3 is 0 Å². The fourth-order valence-corrected chi connectivity index (χ4v) is 1.24. The van der Waals surface area contributed by atoms with Crippen molar-refractivity contribution in [2.45, 2.75) is 6.92 Å². The summed E-state index contributed by atoms with van der Waals surface area (Å²) >= 11 is 5.77. The van der Waals surface area contributed by atoms with Gasteiger partial charge in [0.1, 0.15) is 0 Å². The zero-order chi connectivity index (χ0) is 8.55. The van der Waals surface area contributed by atoms with Crippen LogP contribution in [0.15, 0.2) is 24.4 Å². The SMILES string of the molecule is Cc1ccc2cc(Cl)cnc2n1. The molecule has 2 nitrogen and oxygen atoms in total. The molecule has 3 heteroatoms. The Bertz CT molecular complexity index is 385. The van der Waals surface area contributed by atoms with Gasteiger partial charge >= 0.3 is 0 Å². The van der Waals surface area contributed by atoms with E-state index in [9.17, 15) is 0 Å². The molecule has 0 bridgehead atoms. The van der Waals surface area contributed by atoms with Crippen LogP contribution in [-0.2, 0) is 0 Å². The lowest BCUT2D eigenvalue weighted by Crippen LogP contribution is -1.85. The number of pyridine rings is 2. The first kappa shape index (κ1) is 7.50. The second-order valence-corrected chi connectivity index (χ2v) is 3.09. The molecule has 0 aliphatic carbocycles. The van der Waals surface area contributed by atoms with Crippen LogP contribution in [-0.4, -0.2) is 9.97 Å². The number of aryl methyl sites for hydroxylation is 1. The van der Waals surface area contributed by atoms with Gasteiger partial charge in [0.05, 0.1) is 5.02 Å². The number of rotatable bonds is 0. The van der Waals surface area contributed by atoms with Crippen LogP contribution in [0.25, 0.3) is 11.0 Å². The molecule has 0 radical (unpaired) electrons. The predicted molar refractivity (Wildman–Crippen MR) is 49.3 cm³/mol. The van der Waals surface area contributed by atoms with Crippen molar-refractivity contribution in [3.63, 3.8) is 0 Å². The highest BCUT2D eigenvalue weighted by Crippen LogP contribution is 2.14. The quantitative estimate of drug-likeness (QED) is 0.620. The number of hydrogen-bond donors (Lipinski definition) is 0. The summed E-state index contributed by atoms with van der Waals surface area (Å²) in [5.74, 6) is 0. The molecule has 2 heterocycles. The minimum Gasteiger partial charge on any atom is -0.235 e. The summed E-state index contributed by atoms with van der Waals surface area (Å²) in [4.78, 5) is 8.35. The Morgan fingerprint density at radius 3 is 3.00 bits per heavy atom. The molecule has 12 heavy (non-hydrogen) atoms. The maximum atomic E-state index is 5.77. The molecule has 0 unspecified atom stereocenters. The summed E-state index contributed by atoms with van der Waals surface area (Å²) in [7, 11) is 0. The molecule has 0 N–H and O–H groups in total. The predicted octanol–water partition coefficient (Wildman–Crippen LogP) is 2.59. The molecular formula is C9H7ClN2. The van der Waals surface area contributed by atoms with Crippen molar-refractivity contribution < 1.29 is 0 Å². The topological polar surface area (TPSA) is 25.8 Å². The lowest BCUT2D eigenvalue weighted by molar-refractivity contribution is 1.20. The van der Waals surface area contributed by atoms with Crippen LogP contribution in [0.5, 0.6) is 0 Å². The van der Waals surface area contributed by atoms with Gasteiger partial charge in [-0.05, 0) is 25.1 Å². The van der Waals surface area contributed by atoms with Crippen LogP contribution < -0.4 is 0 Å². The Kier molecular flexibility index (Phi) is 1.70. The van der Waals surface area contributed by atoms with Crippen LogP contribution in [0.4, 0.5) is 0 Å². The van der Waals surface area contributed by atoms with Crippen molar-refractivity contribution in [1.29, 1.82) is 0 Å². The molecule has 2 aromatic heterocycles. The van der Waals surface area contributed by atoms with Gasteiger partial charge in [-0.3, -0.25) is 0 Å². The monoisotopic (exact) mass is 178 g/mol. The summed E-state index contributed by atoms with van der Waals surface area (Å²) in [5, 5.41) is 1.63. The highest BCUT2D eigenvalue weighted by Gasteiger charge is 1.96. The highest BCUT2D eigenvalue weighted by molar-refractivity contribution is 6.31. The van der Waals surface area contributed by atoms with E-state index in [1.807, 2.05) is 25.1 Å². The van der Waals surface area contributed by atoms with Gasteiger partial charge in [-0.15, -0.1) is 0 Å². The largest absolute Gasteiger partial charge is 0.235 e. The first-order valence-electron chi connectivity index (χ1n) is 3.64. The Balaban J connectivity index is 2.79. The number of aromatic nitrogens is 2. The number of nitrogens with zero attached hydrogens (tertiary/aromatic N) is 2. The molecule has 0 amide bonds. The van der Waals surface area contributed by atoms with E-state index in [0.29, 0.717) is 5.02 Å². The third kappa shape index (κ3) is 1.25. The van der Waals surface area contributed by atoms with Gasteiger partial charge in [-0.2, -0.15) is 0 Å². The van der Waals surface area contributed by atoms with Crippen LogP contribution in [0.2, 0.25) is 5.02 Å². The normalized spacial score (nSPS) is 10.5. The molecule has 60 valence electrons. The van der Waals surface area contributed by atoms with E-state index in [-0.39, 0.29) is 0 Å². The molecule has 0 spiro atoms. The minimum absolute atomic E-state index is 0.646. The van der Waals surface area contributed by atoms with Crippen molar-refractivity contribution in [2.24, 2.45) is 0 Å². The first-order valence-corrected chi connectivity index (χ1v) is 4.02. The van der Waals surface area contributed by atoms with E-state index in [2.05, 4.69) is 9.97 Å². The maximum absolute atomic E-state index is 5.77. The van der Waals surface area contributed by atoms with Crippen molar-refractivity contribution in [1.82, 2.24) is 9.97 Å². The van der Waals surface area contributed by atoms with Gasteiger partial charge in [-0.1, -0.05) is 11.6 Å². The lowest BCUT2D eigenvalue weighted by Gasteiger charge is -1.97.